The van der Waals surface area contributed by atoms with E-state index in [-0.39, 0.29) is 0 Å². The molecule has 0 unspecified atom stereocenters. The van der Waals surface area contributed by atoms with E-state index >= 15 is 0 Å². The van der Waals surface area contributed by atoms with Crippen LogP contribution >= 0.6 is 0 Å². The molecule has 1 nitrogen and oxygen atoms in total. The number of hydrogen-bond acceptors (Lipinski definition) is 0. The van der Waals surface area contributed by atoms with E-state index in [1.807, 2.05) is 13.8 Å². The summed E-state index contributed by atoms with van der Waals surface area (Å²) in [5.41, 5.74) is 4.06. The first-order chi connectivity index (χ1) is 6.70. The molecule has 0 aliphatic heterocycles. The van der Waals surface area contributed by atoms with Gasteiger partial charge < -0.3 is 4.57 Å². The molecule has 0 aliphatic rings. The molecule has 0 spiro atoms. The lowest BCUT2D eigenvalue weighted by atomic mass is 10.1. The highest BCUT2D eigenvalue weighted by Crippen LogP contribution is 2.22. The number of rotatable bonds is 0. The molecular formula is C13H19N. The molecule has 0 aliphatic carbocycles. The molecule has 0 amide bonds. The van der Waals surface area contributed by atoms with E-state index in [2.05, 4.69) is 49.9 Å². The summed E-state index contributed by atoms with van der Waals surface area (Å²) in [6.45, 7) is 8.32. The van der Waals surface area contributed by atoms with Crippen LogP contribution in [0.25, 0.3) is 10.9 Å². The molecule has 76 valence electrons. The molecule has 2 aromatic rings. The van der Waals surface area contributed by atoms with Crippen LogP contribution in [-0.2, 0) is 7.05 Å². The van der Waals surface area contributed by atoms with E-state index in [0.717, 1.165) is 0 Å². The lowest BCUT2D eigenvalue weighted by molar-refractivity contribution is 0.964. The van der Waals surface area contributed by atoms with Gasteiger partial charge in [0.2, 0.25) is 0 Å². The minimum atomic E-state index is 1.33. The minimum absolute atomic E-state index is 1.33. The van der Waals surface area contributed by atoms with Crippen LogP contribution in [0.3, 0.4) is 0 Å². The van der Waals surface area contributed by atoms with E-state index in [1.165, 1.54) is 22.0 Å². The van der Waals surface area contributed by atoms with Gasteiger partial charge in [-0.3, -0.25) is 0 Å². The molecular weight excluding hydrogens is 170 g/mol. The van der Waals surface area contributed by atoms with Gasteiger partial charge in [-0.25, -0.2) is 0 Å². The van der Waals surface area contributed by atoms with Crippen molar-refractivity contribution in [2.75, 3.05) is 0 Å². The minimum Gasteiger partial charge on any atom is -0.350 e. The topological polar surface area (TPSA) is 4.93 Å². The van der Waals surface area contributed by atoms with Crippen molar-refractivity contribution >= 4 is 10.9 Å². The lowest BCUT2D eigenvalue weighted by Gasteiger charge is -1.98. The van der Waals surface area contributed by atoms with E-state index < -0.39 is 0 Å². The van der Waals surface area contributed by atoms with Gasteiger partial charge in [0.25, 0.3) is 0 Å². The quantitative estimate of drug-likeness (QED) is 0.593. The molecule has 0 atom stereocenters. The molecule has 0 fully saturated rings. The summed E-state index contributed by atoms with van der Waals surface area (Å²) in [7, 11) is 2.09. The summed E-state index contributed by atoms with van der Waals surface area (Å²) in [6, 6.07) is 6.43. The third-order valence-electron chi connectivity index (χ3n) is 2.41. The molecule has 14 heavy (non-hydrogen) atoms. The molecule has 0 radical (unpaired) electrons. The third kappa shape index (κ3) is 1.67. The Morgan fingerprint density at radius 1 is 1.00 bits per heavy atom. The second-order valence-electron chi connectivity index (χ2n) is 3.39. The Hall–Kier alpha value is -1.24. The average Bonchev–Trinajstić information content (AvgIpc) is 2.47. The van der Waals surface area contributed by atoms with Crippen molar-refractivity contribution in [3.63, 3.8) is 0 Å². The Kier molecular flexibility index (Phi) is 3.34. The highest BCUT2D eigenvalue weighted by atomic mass is 14.9. The van der Waals surface area contributed by atoms with Crippen molar-refractivity contribution < 1.29 is 0 Å². The Balaban J connectivity index is 0.000000461. The number of aryl methyl sites for hydroxylation is 3. The molecule has 1 aromatic carbocycles. The fourth-order valence-corrected chi connectivity index (χ4v) is 1.88. The maximum absolute atomic E-state index is 2.18. The number of nitrogens with zero attached hydrogens (tertiary/aromatic N) is 1. The zero-order valence-corrected chi connectivity index (χ0v) is 9.76. The summed E-state index contributed by atoms with van der Waals surface area (Å²) < 4.78 is 2.18. The van der Waals surface area contributed by atoms with E-state index in [0.29, 0.717) is 0 Å². The summed E-state index contributed by atoms with van der Waals surface area (Å²) >= 11 is 0. The van der Waals surface area contributed by atoms with Gasteiger partial charge in [0.15, 0.2) is 0 Å². The number of fused-ring (bicyclic) bond motifs is 1. The monoisotopic (exact) mass is 189 g/mol. The standard InChI is InChI=1S/C11H13N.C2H6/c1-8-5-4-6-10-11(8)9(2)7-12(10)3;1-2/h4-7H,1-3H3;1-2H3. The Morgan fingerprint density at radius 2 is 1.64 bits per heavy atom. The molecule has 0 N–H and O–H groups in total. The van der Waals surface area contributed by atoms with Crippen LogP contribution in [0.2, 0.25) is 0 Å². The summed E-state index contributed by atoms with van der Waals surface area (Å²) in [4.78, 5) is 0. The van der Waals surface area contributed by atoms with Crippen molar-refractivity contribution in [2.24, 2.45) is 7.05 Å². The molecule has 0 saturated heterocycles. The molecule has 0 bridgehead atoms. The second kappa shape index (κ2) is 4.32. The summed E-state index contributed by atoms with van der Waals surface area (Å²) in [6.07, 6.45) is 2.18. The SMILES string of the molecule is CC.Cc1cccc2c1c(C)cn2C. The Labute approximate surface area is 86.4 Å². The van der Waals surface area contributed by atoms with Gasteiger partial charge in [-0.15, -0.1) is 0 Å². The second-order valence-corrected chi connectivity index (χ2v) is 3.39. The lowest BCUT2D eigenvalue weighted by Crippen LogP contribution is -1.83. The van der Waals surface area contributed by atoms with Crippen molar-refractivity contribution in [1.82, 2.24) is 4.57 Å². The molecule has 1 heterocycles. The largest absolute Gasteiger partial charge is 0.350 e. The Morgan fingerprint density at radius 3 is 2.21 bits per heavy atom. The van der Waals surface area contributed by atoms with Crippen LogP contribution in [-0.4, -0.2) is 4.57 Å². The molecule has 1 aromatic heterocycles. The van der Waals surface area contributed by atoms with Crippen LogP contribution in [0.4, 0.5) is 0 Å². The van der Waals surface area contributed by atoms with E-state index in [9.17, 15) is 0 Å². The van der Waals surface area contributed by atoms with Crippen LogP contribution in [0, 0.1) is 13.8 Å². The van der Waals surface area contributed by atoms with E-state index in [1.54, 1.807) is 0 Å². The van der Waals surface area contributed by atoms with Gasteiger partial charge in [-0.05, 0) is 31.0 Å². The maximum Gasteiger partial charge on any atom is 0.0483 e. The molecule has 0 saturated carbocycles. The van der Waals surface area contributed by atoms with Gasteiger partial charge in [0.1, 0.15) is 0 Å². The van der Waals surface area contributed by atoms with Crippen LogP contribution in [0.15, 0.2) is 24.4 Å². The van der Waals surface area contributed by atoms with Crippen molar-refractivity contribution in [2.45, 2.75) is 27.7 Å². The summed E-state index contributed by atoms with van der Waals surface area (Å²) in [5.74, 6) is 0. The van der Waals surface area contributed by atoms with Crippen molar-refractivity contribution in [3.8, 4) is 0 Å². The first-order valence-corrected chi connectivity index (χ1v) is 5.21. The Bertz CT molecular complexity index is 424. The van der Waals surface area contributed by atoms with Crippen LogP contribution < -0.4 is 0 Å². The van der Waals surface area contributed by atoms with Gasteiger partial charge in [-0.2, -0.15) is 0 Å². The zero-order chi connectivity index (χ0) is 10.7. The number of hydrogen-bond donors (Lipinski definition) is 0. The predicted octanol–water partition coefficient (Wildman–Crippen LogP) is 3.82. The number of benzene rings is 1. The fraction of sp³-hybridized carbons (Fsp3) is 0.385. The first-order valence-electron chi connectivity index (χ1n) is 5.21. The van der Waals surface area contributed by atoms with Gasteiger partial charge in [0.05, 0.1) is 0 Å². The van der Waals surface area contributed by atoms with Gasteiger partial charge in [0, 0.05) is 24.1 Å². The molecule has 1 heteroatoms. The highest BCUT2D eigenvalue weighted by Gasteiger charge is 2.03. The number of aromatic nitrogens is 1. The van der Waals surface area contributed by atoms with Gasteiger partial charge in [-0.1, -0.05) is 26.0 Å². The predicted molar refractivity (Wildman–Crippen MR) is 63.7 cm³/mol. The zero-order valence-electron chi connectivity index (χ0n) is 9.76. The summed E-state index contributed by atoms with van der Waals surface area (Å²) in [5, 5.41) is 1.40. The van der Waals surface area contributed by atoms with E-state index in [4.69, 9.17) is 0 Å². The van der Waals surface area contributed by atoms with Crippen LogP contribution in [0.1, 0.15) is 25.0 Å². The van der Waals surface area contributed by atoms with Crippen LogP contribution in [0.5, 0.6) is 0 Å². The highest BCUT2D eigenvalue weighted by molar-refractivity contribution is 5.86. The smallest absolute Gasteiger partial charge is 0.0483 e. The van der Waals surface area contributed by atoms with Crippen molar-refractivity contribution in [3.05, 3.63) is 35.5 Å². The van der Waals surface area contributed by atoms with Crippen molar-refractivity contribution in [1.29, 1.82) is 0 Å². The van der Waals surface area contributed by atoms with Gasteiger partial charge >= 0.3 is 0 Å². The fourth-order valence-electron chi connectivity index (χ4n) is 1.88. The third-order valence-corrected chi connectivity index (χ3v) is 2.41. The maximum atomic E-state index is 2.18. The average molecular weight is 189 g/mol. The molecule has 2 rings (SSSR count). The first kappa shape index (κ1) is 10.8. The normalized spacial score (nSPS) is 9.79.